The molecule has 90 valence electrons. The molecule has 0 aliphatic heterocycles. The highest BCUT2D eigenvalue weighted by Crippen LogP contribution is 2.13. The van der Waals surface area contributed by atoms with Gasteiger partial charge in [0.1, 0.15) is 6.04 Å². The molecule has 0 unspecified atom stereocenters. The SMILES string of the molecule is CC(C)(C)COC(=O)[C@@H](N)Cc1cnc[nH]1. The maximum Gasteiger partial charge on any atom is 0.323 e. The highest BCUT2D eigenvalue weighted by Gasteiger charge is 2.19. The first-order valence-corrected chi connectivity index (χ1v) is 5.28. The smallest absolute Gasteiger partial charge is 0.323 e. The van der Waals surface area contributed by atoms with Gasteiger partial charge in [0.2, 0.25) is 0 Å². The number of carbonyl (C=O) groups excluding carboxylic acids is 1. The molecule has 1 heterocycles. The van der Waals surface area contributed by atoms with E-state index in [0.29, 0.717) is 13.0 Å². The van der Waals surface area contributed by atoms with E-state index in [1.54, 1.807) is 12.5 Å². The molecule has 5 heteroatoms. The minimum atomic E-state index is -0.636. The van der Waals surface area contributed by atoms with Crippen molar-refractivity contribution in [2.75, 3.05) is 6.61 Å². The number of aromatic amines is 1. The molecule has 0 aliphatic carbocycles. The molecule has 0 saturated carbocycles. The zero-order valence-corrected chi connectivity index (χ0v) is 9.99. The predicted octanol–water partition coefficient (Wildman–Crippen LogP) is 0.869. The van der Waals surface area contributed by atoms with E-state index in [1.165, 1.54) is 0 Å². The maximum atomic E-state index is 11.5. The summed E-state index contributed by atoms with van der Waals surface area (Å²) in [6.07, 6.45) is 3.63. The van der Waals surface area contributed by atoms with Gasteiger partial charge in [-0.1, -0.05) is 20.8 Å². The Labute approximate surface area is 95.4 Å². The van der Waals surface area contributed by atoms with Crippen LogP contribution in [0.15, 0.2) is 12.5 Å². The van der Waals surface area contributed by atoms with Crippen LogP contribution in [0.4, 0.5) is 0 Å². The Bertz CT molecular complexity index is 327. The normalized spacial score (nSPS) is 13.5. The molecule has 5 nitrogen and oxygen atoms in total. The quantitative estimate of drug-likeness (QED) is 0.745. The molecule has 0 fully saturated rings. The maximum absolute atomic E-state index is 11.5. The first-order chi connectivity index (χ1) is 7.38. The molecule has 3 N–H and O–H groups in total. The van der Waals surface area contributed by atoms with E-state index in [1.807, 2.05) is 20.8 Å². The van der Waals surface area contributed by atoms with Crippen LogP contribution in [0.1, 0.15) is 26.5 Å². The summed E-state index contributed by atoms with van der Waals surface area (Å²) in [5, 5.41) is 0. The minimum absolute atomic E-state index is 0.0383. The lowest BCUT2D eigenvalue weighted by atomic mass is 9.99. The molecule has 1 atom stereocenters. The summed E-state index contributed by atoms with van der Waals surface area (Å²) in [6, 6.07) is -0.636. The molecular weight excluding hydrogens is 206 g/mol. The van der Waals surface area contributed by atoms with E-state index in [2.05, 4.69) is 9.97 Å². The van der Waals surface area contributed by atoms with Gasteiger partial charge in [0.25, 0.3) is 0 Å². The number of imidazole rings is 1. The van der Waals surface area contributed by atoms with E-state index >= 15 is 0 Å². The number of H-pyrrole nitrogens is 1. The summed E-state index contributed by atoms with van der Waals surface area (Å²) in [5.74, 6) is -0.371. The second kappa shape index (κ2) is 5.12. The summed E-state index contributed by atoms with van der Waals surface area (Å²) in [4.78, 5) is 18.3. The number of nitrogens with one attached hydrogen (secondary N) is 1. The fraction of sp³-hybridized carbons (Fsp3) is 0.636. The lowest BCUT2D eigenvalue weighted by molar-refractivity contribution is -0.147. The van der Waals surface area contributed by atoms with Crippen LogP contribution < -0.4 is 5.73 Å². The standard InChI is InChI=1S/C11H19N3O2/c1-11(2,3)6-16-10(15)9(12)4-8-5-13-7-14-8/h5,7,9H,4,6,12H2,1-3H3,(H,13,14)/t9-/m0/s1. The van der Waals surface area contributed by atoms with Crippen molar-refractivity contribution in [1.82, 2.24) is 9.97 Å². The summed E-state index contributed by atoms with van der Waals surface area (Å²) >= 11 is 0. The van der Waals surface area contributed by atoms with Gasteiger partial charge < -0.3 is 15.5 Å². The molecule has 0 saturated heterocycles. The number of nitrogens with zero attached hydrogens (tertiary/aromatic N) is 1. The second-order valence-corrected chi connectivity index (χ2v) is 5.06. The fourth-order valence-electron chi connectivity index (χ4n) is 1.11. The van der Waals surface area contributed by atoms with Crippen LogP contribution in [0.25, 0.3) is 0 Å². The van der Waals surface area contributed by atoms with Crippen molar-refractivity contribution in [3.05, 3.63) is 18.2 Å². The molecule has 0 radical (unpaired) electrons. The first-order valence-electron chi connectivity index (χ1n) is 5.28. The number of aromatic nitrogens is 2. The lowest BCUT2D eigenvalue weighted by Gasteiger charge is -2.19. The minimum Gasteiger partial charge on any atom is -0.464 e. The Balaban J connectivity index is 2.37. The number of rotatable bonds is 4. The van der Waals surface area contributed by atoms with Gasteiger partial charge >= 0.3 is 5.97 Å². The number of carbonyl (C=O) groups is 1. The molecular formula is C11H19N3O2. The van der Waals surface area contributed by atoms with E-state index in [0.717, 1.165) is 5.69 Å². The predicted molar refractivity (Wildman–Crippen MR) is 60.7 cm³/mol. The van der Waals surface area contributed by atoms with E-state index in [9.17, 15) is 4.79 Å². The number of nitrogens with two attached hydrogens (primary N) is 1. The second-order valence-electron chi connectivity index (χ2n) is 5.06. The largest absolute Gasteiger partial charge is 0.464 e. The lowest BCUT2D eigenvalue weighted by Crippen LogP contribution is -2.36. The Morgan fingerprint density at radius 3 is 2.81 bits per heavy atom. The Morgan fingerprint density at radius 2 is 2.31 bits per heavy atom. The average molecular weight is 225 g/mol. The first kappa shape index (κ1) is 12.7. The van der Waals surface area contributed by atoms with Crippen molar-refractivity contribution < 1.29 is 9.53 Å². The van der Waals surface area contributed by atoms with Crippen molar-refractivity contribution in [2.24, 2.45) is 11.1 Å². The summed E-state index contributed by atoms with van der Waals surface area (Å²) in [7, 11) is 0. The summed E-state index contributed by atoms with van der Waals surface area (Å²) in [5.41, 5.74) is 6.51. The molecule has 0 spiro atoms. The van der Waals surface area contributed by atoms with Crippen molar-refractivity contribution in [3.8, 4) is 0 Å². The summed E-state index contributed by atoms with van der Waals surface area (Å²) < 4.78 is 5.12. The van der Waals surface area contributed by atoms with Gasteiger partial charge in [-0.2, -0.15) is 0 Å². The molecule has 1 aromatic heterocycles. The highest BCUT2D eigenvalue weighted by molar-refractivity contribution is 5.75. The van der Waals surface area contributed by atoms with Crippen molar-refractivity contribution in [2.45, 2.75) is 33.2 Å². The molecule has 0 amide bonds. The molecule has 16 heavy (non-hydrogen) atoms. The van der Waals surface area contributed by atoms with Crippen molar-refractivity contribution in [3.63, 3.8) is 0 Å². The number of esters is 1. The average Bonchev–Trinajstić information content (AvgIpc) is 2.65. The summed E-state index contributed by atoms with van der Waals surface area (Å²) in [6.45, 7) is 6.38. The molecule has 1 rings (SSSR count). The molecule has 0 aliphatic rings. The van der Waals surface area contributed by atoms with E-state index in [-0.39, 0.29) is 11.4 Å². The van der Waals surface area contributed by atoms with Crippen LogP contribution in [0, 0.1) is 5.41 Å². The number of ether oxygens (including phenoxy) is 1. The van der Waals surface area contributed by atoms with E-state index < -0.39 is 6.04 Å². The van der Waals surface area contributed by atoms with Crippen molar-refractivity contribution >= 4 is 5.97 Å². The van der Waals surface area contributed by atoms with Gasteiger partial charge in [-0.15, -0.1) is 0 Å². The zero-order chi connectivity index (χ0) is 12.2. The van der Waals surface area contributed by atoms with Gasteiger partial charge in [-0.3, -0.25) is 4.79 Å². The van der Waals surface area contributed by atoms with Crippen LogP contribution in [0.3, 0.4) is 0 Å². The number of hydrogen-bond donors (Lipinski definition) is 2. The van der Waals surface area contributed by atoms with Crippen LogP contribution in [-0.2, 0) is 16.0 Å². The molecule has 0 aromatic carbocycles. The molecule has 0 bridgehead atoms. The Kier molecular flexibility index (Phi) is 4.06. The van der Waals surface area contributed by atoms with Gasteiger partial charge in [0.05, 0.1) is 12.9 Å². The monoisotopic (exact) mass is 225 g/mol. The van der Waals surface area contributed by atoms with Gasteiger partial charge in [0, 0.05) is 18.3 Å². The zero-order valence-electron chi connectivity index (χ0n) is 9.99. The van der Waals surface area contributed by atoms with Crippen LogP contribution in [0.2, 0.25) is 0 Å². The van der Waals surface area contributed by atoms with E-state index in [4.69, 9.17) is 10.5 Å². The van der Waals surface area contributed by atoms with Crippen LogP contribution >= 0.6 is 0 Å². The van der Waals surface area contributed by atoms with Crippen molar-refractivity contribution in [1.29, 1.82) is 0 Å². The third kappa shape index (κ3) is 4.44. The third-order valence-corrected chi connectivity index (χ3v) is 1.94. The van der Waals surface area contributed by atoms with Gasteiger partial charge in [-0.25, -0.2) is 4.98 Å². The van der Waals surface area contributed by atoms with Gasteiger partial charge in [-0.05, 0) is 5.41 Å². The third-order valence-electron chi connectivity index (χ3n) is 1.94. The fourth-order valence-corrected chi connectivity index (χ4v) is 1.11. The van der Waals surface area contributed by atoms with Crippen LogP contribution in [0.5, 0.6) is 0 Å². The topological polar surface area (TPSA) is 81.0 Å². The number of hydrogen-bond acceptors (Lipinski definition) is 4. The highest BCUT2D eigenvalue weighted by atomic mass is 16.5. The molecule has 1 aromatic rings. The van der Waals surface area contributed by atoms with Gasteiger partial charge in [0.15, 0.2) is 0 Å². The Hall–Kier alpha value is -1.36. The van der Waals surface area contributed by atoms with Crippen LogP contribution in [-0.4, -0.2) is 28.6 Å². The Morgan fingerprint density at radius 1 is 1.62 bits per heavy atom.